The van der Waals surface area contributed by atoms with E-state index in [0.717, 1.165) is 37.6 Å². The molecule has 0 aliphatic carbocycles. The molecular weight excluding hydrogens is 224 g/mol. The van der Waals surface area contributed by atoms with Crippen molar-refractivity contribution in [1.29, 1.82) is 0 Å². The van der Waals surface area contributed by atoms with Gasteiger partial charge in [0.2, 0.25) is 0 Å². The molecule has 0 aromatic carbocycles. The summed E-state index contributed by atoms with van der Waals surface area (Å²) in [6.07, 6.45) is 7.17. The van der Waals surface area contributed by atoms with Gasteiger partial charge >= 0.3 is 0 Å². The van der Waals surface area contributed by atoms with Crippen LogP contribution in [0.2, 0.25) is 0 Å². The summed E-state index contributed by atoms with van der Waals surface area (Å²) in [5.74, 6) is 1.60. The average Bonchev–Trinajstić information content (AvgIpc) is 2.41. The second-order valence-electron chi connectivity index (χ2n) is 4.64. The van der Waals surface area contributed by atoms with Gasteiger partial charge in [-0.25, -0.2) is 4.98 Å². The minimum atomic E-state index is 0.716. The van der Waals surface area contributed by atoms with Gasteiger partial charge in [0.1, 0.15) is 5.82 Å². The maximum Gasteiger partial charge on any atom is 0.144 e. The molecule has 1 rings (SSSR count). The summed E-state index contributed by atoms with van der Waals surface area (Å²) in [6.45, 7) is 9.41. The van der Waals surface area contributed by atoms with E-state index in [1.54, 1.807) is 6.20 Å². The van der Waals surface area contributed by atoms with E-state index in [1.165, 1.54) is 12.8 Å². The van der Waals surface area contributed by atoms with Crippen LogP contribution in [0.5, 0.6) is 0 Å². The first kappa shape index (κ1) is 14.9. The maximum atomic E-state index is 4.55. The van der Waals surface area contributed by atoms with E-state index in [1.807, 2.05) is 6.20 Å². The molecule has 0 saturated heterocycles. The summed E-state index contributed by atoms with van der Waals surface area (Å²) in [6, 6.07) is 0. The van der Waals surface area contributed by atoms with Crippen LogP contribution in [0.4, 0.5) is 5.82 Å². The van der Waals surface area contributed by atoms with Crippen molar-refractivity contribution in [2.24, 2.45) is 5.92 Å². The van der Waals surface area contributed by atoms with E-state index < -0.39 is 0 Å². The monoisotopic (exact) mass is 250 g/mol. The zero-order chi connectivity index (χ0) is 13.2. The van der Waals surface area contributed by atoms with Gasteiger partial charge in [0, 0.05) is 19.3 Å². The number of rotatable bonds is 9. The van der Waals surface area contributed by atoms with Crippen LogP contribution in [0.3, 0.4) is 0 Å². The number of aromatic nitrogens is 2. The zero-order valence-electron chi connectivity index (χ0n) is 11.9. The van der Waals surface area contributed by atoms with Crippen LogP contribution in [-0.2, 0) is 6.54 Å². The molecule has 0 aliphatic rings. The van der Waals surface area contributed by atoms with E-state index in [-0.39, 0.29) is 0 Å². The van der Waals surface area contributed by atoms with Gasteiger partial charge in [0.15, 0.2) is 0 Å². The summed E-state index contributed by atoms with van der Waals surface area (Å²) in [4.78, 5) is 8.78. The minimum Gasteiger partial charge on any atom is -0.369 e. The van der Waals surface area contributed by atoms with Gasteiger partial charge in [-0.05, 0) is 18.9 Å². The van der Waals surface area contributed by atoms with Crippen molar-refractivity contribution in [3.8, 4) is 0 Å². The van der Waals surface area contributed by atoms with E-state index >= 15 is 0 Å². The number of nitrogens with one attached hydrogen (secondary N) is 2. The summed E-state index contributed by atoms with van der Waals surface area (Å²) in [5, 5.41) is 6.71. The fraction of sp³-hybridized carbons (Fsp3) is 0.714. The highest BCUT2D eigenvalue weighted by molar-refractivity contribution is 5.31. The molecule has 0 atom stereocenters. The fourth-order valence-electron chi connectivity index (χ4n) is 1.80. The second-order valence-corrected chi connectivity index (χ2v) is 4.64. The van der Waals surface area contributed by atoms with Crippen molar-refractivity contribution in [1.82, 2.24) is 15.3 Å². The maximum absolute atomic E-state index is 4.55. The molecule has 4 nitrogen and oxygen atoms in total. The normalized spacial score (nSPS) is 10.9. The summed E-state index contributed by atoms with van der Waals surface area (Å²) < 4.78 is 0. The average molecular weight is 250 g/mol. The third-order valence-electron chi connectivity index (χ3n) is 3.14. The lowest BCUT2D eigenvalue weighted by Gasteiger charge is -2.13. The topological polar surface area (TPSA) is 49.8 Å². The Hall–Kier alpha value is -1.16. The van der Waals surface area contributed by atoms with Crippen molar-refractivity contribution in [2.75, 3.05) is 18.4 Å². The Morgan fingerprint density at radius 3 is 2.61 bits per heavy atom. The Bertz CT molecular complexity index is 323. The highest BCUT2D eigenvalue weighted by Gasteiger charge is 2.04. The molecule has 0 aliphatic heterocycles. The van der Waals surface area contributed by atoms with E-state index in [2.05, 4.69) is 41.4 Å². The predicted molar refractivity (Wildman–Crippen MR) is 76.6 cm³/mol. The van der Waals surface area contributed by atoms with Gasteiger partial charge in [0.25, 0.3) is 0 Å². The Morgan fingerprint density at radius 2 is 1.94 bits per heavy atom. The molecule has 1 aromatic heterocycles. The first-order chi connectivity index (χ1) is 8.80. The van der Waals surface area contributed by atoms with Crippen LogP contribution in [-0.4, -0.2) is 23.1 Å². The van der Waals surface area contributed by atoms with Crippen LogP contribution in [0.25, 0.3) is 0 Å². The lowest BCUT2D eigenvalue weighted by atomic mass is 10.0. The number of anilines is 1. The van der Waals surface area contributed by atoms with Crippen molar-refractivity contribution >= 4 is 5.82 Å². The van der Waals surface area contributed by atoms with Gasteiger partial charge in [-0.15, -0.1) is 0 Å². The summed E-state index contributed by atoms with van der Waals surface area (Å²) >= 11 is 0. The van der Waals surface area contributed by atoms with Crippen molar-refractivity contribution in [2.45, 2.75) is 46.6 Å². The lowest BCUT2D eigenvalue weighted by molar-refractivity contribution is 0.518. The largest absolute Gasteiger partial charge is 0.369 e. The highest BCUT2D eigenvalue weighted by Crippen LogP contribution is 2.09. The lowest BCUT2D eigenvalue weighted by Crippen LogP contribution is -2.17. The van der Waals surface area contributed by atoms with Crippen LogP contribution >= 0.6 is 0 Å². The summed E-state index contributed by atoms with van der Waals surface area (Å²) in [5.41, 5.74) is 0.998. The van der Waals surface area contributed by atoms with Gasteiger partial charge < -0.3 is 10.6 Å². The van der Waals surface area contributed by atoms with Crippen LogP contribution in [0, 0.1) is 5.92 Å². The van der Waals surface area contributed by atoms with Crippen LogP contribution in [0.15, 0.2) is 12.4 Å². The molecule has 0 unspecified atom stereocenters. The van der Waals surface area contributed by atoms with Crippen LogP contribution in [0.1, 0.15) is 45.7 Å². The molecule has 1 aromatic rings. The van der Waals surface area contributed by atoms with Crippen LogP contribution < -0.4 is 10.6 Å². The smallest absolute Gasteiger partial charge is 0.144 e. The molecule has 0 fully saturated rings. The molecule has 0 spiro atoms. The SMILES string of the molecule is CCCNCc1cncc(NCC(CC)CC)n1. The molecule has 2 N–H and O–H groups in total. The minimum absolute atomic E-state index is 0.716. The first-order valence-corrected chi connectivity index (χ1v) is 7.05. The van der Waals surface area contributed by atoms with Gasteiger partial charge in [-0.1, -0.05) is 33.6 Å². The van der Waals surface area contributed by atoms with E-state index in [4.69, 9.17) is 0 Å². The number of hydrogen-bond donors (Lipinski definition) is 2. The second kappa shape index (κ2) is 8.86. The molecule has 0 bridgehead atoms. The predicted octanol–water partition coefficient (Wildman–Crippen LogP) is 2.82. The molecule has 4 heteroatoms. The highest BCUT2D eigenvalue weighted by atomic mass is 15.0. The molecule has 0 radical (unpaired) electrons. The Balaban J connectivity index is 2.43. The Kier molecular flexibility index (Phi) is 7.34. The van der Waals surface area contributed by atoms with Crippen molar-refractivity contribution in [3.05, 3.63) is 18.1 Å². The van der Waals surface area contributed by atoms with Crippen molar-refractivity contribution in [3.63, 3.8) is 0 Å². The third-order valence-corrected chi connectivity index (χ3v) is 3.14. The Labute approximate surface area is 111 Å². The molecule has 0 saturated carbocycles. The van der Waals surface area contributed by atoms with E-state index in [0.29, 0.717) is 5.92 Å². The summed E-state index contributed by atoms with van der Waals surface area (Å²) in [7, 11) is 0. The molecule has 0 amide bonds. The number of nitrogens with zero attached hydrogens (tertiary/aromatic N) is 2. The first-order valence-electron chi connectivity index (χ1n) is 7.05. The zero-order valence-corrected chi connectivity index (χ0v) is 11.9. The quantitative estimate of drug-likeness (QED) is 0.662. The molecular formula is C14H26N4. The molecule has 18 heavy (non-hydrogen) atoms. The van der Waals surface area contributed by atoms with Gasteiger partial charge in [-0.2, -0.15) is 0 Å². The third kappa shape index (κ3) is 5.45. The van der Waals surface area contributed by atoms with Gasteiger partial charge in [-0.3, -0.25) is 4.98 Å². The molecule has 1 heterocycles. The fourth-order valence-corrected chi connectivity index (χ4v) is 1.80. The number of hydrogen-bond acceptors (Lipinski definition) is 4. The van der Waals surface area contributed by atoms with Crippen molar-refractivity contribution < 1.29 is 0 Å². The van der Waals surface area contributed by atoms with Gasteiger partial charge in [0.05, 0.1) is 11.9 Å². The standard InChI is InChI=1S/C14H26N4/c1-4-7-15-9-13-10-16-11-14(18-13)17-8-12(5-2)6-3/h10-12,15H,4-9H2,1-3H3,(H,17,18). The Morgan fingerprint density at radius 1 is 1.17 bits per heavy atom. The molecule has 102 valence electrons. The van der Waals surface area contributed by atoms with E-state index in [9.17, 15) is 0 Å².